The fraction of sp³-hybridized carbons (Fsp3) is 0.581. The van der Waals surface area contributed by atoms with Crippen LogP contribution in [0.25, 0.3) is 0 Å². The van der Waals surface area contributed by atoms with Crippen molar-refractivity contribution in [2.45, 2.75) is 104 Å². The third-order valence-corrected chi connectivity index (χ3v) is 6.45. The Hall–Kier alpha value is -2.89. The number of nitrogens with zero attached hydrogens (tertiary/aromatic N) is 1. The Morgan fingerprint density at radius 1 is 0.622 bits per heavy atom. The Labute approximate surface area is 222 Å². The van der Waals surface area contributed by atoms with E-state index in [9.17, 15) is 14.4 Å². The highest BCUT2D eigenvalue weighted by Crippen LogP contribution is 2.17. The first-order chi connectivity index (χ1) is 18.0. The first-order valence-electron chi connectivity index (χ1n) is 14.2. The van der Waals surface area contributed by atoms with Gasteiger partial charge < -0.3 is 9.47 Å². The summed E-state index contributed by atoms with van der Waals surface area (Å²) in [4.78, 5) is 38.0. The molecule has 0 aliphatic carbocycles. The van der Waals surface area contributed by atoms with Crippen molar-refractivity contribution in [3.8, 4) is 0 Å². The van der Waals surface area contributed by atoms with Gasteiger partial charge in [0, 0.05) is 18.0 Å². The third-order valence-electron chi connectivity index (χ3n) is 6.45. The minimum absolute atomic E-state index is 0.0188. The van der Waals surface area contributed by atoms with Gasteiger partial charge in [0.15, 0.2) is 0 Å². The van der Waals surface area contributed by atoms with Gasteiger partial charge in [-0.1, -0.05) is 96.3 Å². The molecule has 2 aromatic rings. The summed E-state index contributed by atoms with van der Waals surface area (Å²) >= 11 is 0. The van der Waals surface area contributed by atoms with Gasteiger partial charge in [-0.3, -0.25) is 19.0 Å². The lowest BCUT2D eigenvalue weighted by Crippen LogP contribution is -2.13. The lowest BCUT2D eigenvalue weighted by atomic mass is 10.1. The second kappa shape index (κ2) is 18.4. The van der Waals surface area contributed by atoms with Crippen LogP contribution in [0.5, 0.6) is 0 Å². The Morgan fingerprint density at radius 2 is 1.05 bits per heavy atom. The van der Waals surface area contributed by atoms with E-state index in [-0.39, 0.29) is 30.7 Å². The minimum Gasteiger partial charge on any atom is -0.465 e. The monoisotopic (exact) mass is 511 g/mol. The van der Waals surface area contributed by atoms with Crippen LogP contribution in [0.4, 0.5) is 0 Å². The summed E-state index contributed by atoms with van der Waals surface area (Å²) in [6.07, 6.45) is 16.7. The molecule has 0 amide bonds. The molecule has 6 heteroatoms. The summed E-state index contributed by atoms with van der Waals surface area (Å²) in [6, 6.07) is 8.94. The molecule has 2 rings (SSSR count). The molecule has 204 valence electrons. The lowest BCUT2D eigenvalue weighted by Gasteiger charge is -2.07. The number of benzene rings is 1. The highest BCUT2D eigenvalue weighted by atomic mass is 16.5. The number of unbranched alkanes of at least 4 members (excludes halogenated alkanes) is 10. The highest BCUT2D eigenvalue weighted by molar-refractivity contribution is 5.96. The van der Waals surface area contributed by atoms with Gasteiger partial charge in [-0.15, -0.1) is 0 Å². The zero-order chi connectivity index (χ0) is 26.7. The normalized spacial score (nSPS) is 10.9. The third kappa shape index (κ3) is 12.3. The van der Waals surface area contributed by atoms with E-state index >= 15 is 0 Å². The Balaban J connectivity index is 1.93. The average molecular weight is 512 g/mol. The first kappa shape index (κ1) is 30.3. The van der Waals surface area contributed by atoms with Gasteiger partial charge >= 0.3 is 11.9 Å². The quantitative estimate of drug-likeness (QED) is 0.149. The van der Waals surface area contributed by atoms with Crippen molar-refractivity contribution in [1.82, 2.24) is 4.57 Å². The standard InChI is InChI=1S/C31H45NO5/c1-3-5-7-9-11-16-20-36-29(33)22-27-24-32(31(35)26-18-14-13-15-19-26)25-28(27)23-30(34)37-21-17-12-10-8-6-4-2/h13-15,18-19,24-25H,3-12,16-17,20-23H2,1-2H3. The van der Waals surface area contributed by atoms with Crippen molar-refractivity contribution in [2.75, 3.05) is 13.2 Å². The fourth-order valence-corrected chi connectivity index (χ4v) is 4.25. The van der Waals surface area contributed by atoms with Crippen LogP contribution in [0, 0.1) is 0 Å². The van der Waals surface area contributed by atoms with Crippen molar-refractivity contribution in [1.29, 1.82) is 0 Å². The van der Waals surface area contributed by atoms with Gasteiger partial charge in [0.05, 0.1) is 26.1 Å². The number of rotatable bonds is 19. The maximum absolute atomic E-state index is 13.0. The van der Waals surface area contributed by atoms with Gasteiger partial charge in [0.2, 0.25) is 0 Å². The van der Waals surface area contributed by atoms with E-state index in [2.05, 4.69) is 13.8 Å². The summed E-state index contributed by atoms with van der Waals surface area (Å²) < 4.78 is 12.3. The Kier molecular flexibility index (Phi) is 15.1. The number of aromatic nitrogens is 1. The number of ether oxygens (including phenoxy) is 2. The lowest BCUT2D eigenvalue weighted by molar-refractivity contribution is -0.144. The molecular weight excluding hydrogens is 466 g/mol. The maximum atomic E-state index is 13.0. The molecule has 0 radical (unpaired) electrons. The number of hydrogen-bond donors (Lipinski definition) is 0. The molecule has 0 atom stereocenters. The van der Waals surface area contributed by atoms with Crippen LogP contribution in [0.15, 0.2) is 42.7 Å². The van der Waals surface area contributed by atoms with E-state index in [1.165, 1.54) is 43.1 Å². The molecule has 1 aromatic carbocycles. The van der Waals surface area contributed by atoms with E-state index in [4.69, 9.17) is 9.47 Å². The van der Waals surface area contributed by atoms with E-state index in [0.29, 0.717) is 29.9 Å². The number of esters is 2. The second-order valence-electron chi connectivity index (χ2n) is 9.72. The SMILES string of the molecule is CCCCCCCCOC(=O)Cc1cn(C(=O)c2ccccc2)cc1CC(=O)OCCCCCCCC. The van der Waals surface area contributed by atoms with Crippen molar-refractivity contribution in [2.24, 2.45) is 0 Å². The molecule has 0 saturated carbocycles. The molecule has 0 fully saturated rings. The molecule has 0 spiro atoms. The van der Waals surface area contributed by atoms with Crippen LogP contribution in [0.2, 0.25) is 0 Å². The zero-order valence-electron chi connectivity index (χ0n) is 22.8. The van der Waals surface area contributed by atoms with Gasteiger partial charge in [0.25, 0.3) is 5.91 Å². The van der Waals surface area contributed by atoms with Crippen LogP contribution in [-0.4, -0.2) is 35.6 Å². The van der Waals surface area contributed by atoms with Crippen LogP contribution in [0.3, 0.4) is 0 Å². The van der Waals surface area contributed by atoms with E-state index in [1.54, 1.807) is 36.7 Å². The first-order valence-corrected chi connectivity index (χ1v) is 14.2. The van der Waals surface area contributed by atoms with E-state index in [1.807, 2.05) is 6.07 Å². The number of carbonyl (C=O) groups is 3. The molecular formula is C31H45NO5. The molecule has 1 heterocycles. The van der Waals surface area contributed by atoms with Crippen molar-refractivity contribution < 1.29 is 23.9 Å². The summed E-state index contributed by atoms with van der Waals surface area (Å²) in [5, 5.41) is 0. The fourth-order valence-electron chi connectivity index (χ4n) is 4.25. The van der Waals surface area contributed by atoms with Crippen molar-refractivity contribution in [3.05, 3.63) is 59.4 Å². The average Bonchev–Trinajstić information content (AvgIpc) is 3.29. The Morgan fingerprint density at radius 3 is 1.51 bits per heavy atom. The molecule has 0 bridgehead atoms. The highest BCUT2D eigenvalue weighted by Gasteiger charge is 2.19. The maximum Gasteiger partial charge on any atom is 0.310 e. The summed E-state index contributed by atoms with van der Waals surface area (Å²) in [7, 11) is 0. The van der Waals surface area contributed by atoms with Gasteiger partial charge in [-0.25, -0.2) is 0 Å². The summed E-state index contributed by atoms with van der Waals surface area (Å²) in [5.74, 6) is -0.908. The minimum atomic E-state index is -0.347. The van der Waals surface area contributed by atoms with Gasteiger partial charge in [0.1, 0.15) is 0 Å². The van der Waals surface area contributed by atoms with Gasteiger partial charge in [-0.2, -0.15) is 0 Å². The molecule has 6 nitrogen and oxygen atoms in total. The van der Waals surface area contributed by atoms with Crippen molar-refractivity contribution >= 4 is 17.8 Å². The summed E-state index contributed by atoms with van der Waals surface area (Å²) in [5.41, 5.74) is 1.77. The van der Waals surface area contributed by atoms with Crippen LogP contribution >= 0.6 is 0 Å². The molecule has 0 aliphatic heterocycles. The number of carbonyl (C=O) groups excluding carboxylic acids is 3. The number of hydrogen-bond acceptors (Lipinski definition) is 5. The van der Waals surface area contributed by atoms with E-state index in [0.717, 1.165) is 38.5 Å². The second-order valence-corrected chi connectivity index (χ2v) is 9.72. The predicted octanol–water partition coefficient (Wildman–Crippen LogP) is 7.07. The summed E-state index contributed by atoms with van der Waals surface area (Å²) in [6.45, 7) is 5.16. The molecule has 1 aromatic heterocycles. The molecule has 37 heavy (non-hydrogen) atoms. The van der Waals surface area contributed by atoms with E-state index < -0.39 is 0 Å². The molecule has 0 unspecified atom stereocenters. The van der Waals surface area contributed by atoms with Crippen molar-refractivity contribution in [3.63, 3.8) is 0 Å². The van der Waals surface area contributed by atoms with Crippen LogP contribution < -0.4 is 0 Å². The Bertz CT molecular complexity index is 885. The predicted molar refractivity (Wildman–Crippen MR) is 147 cm³/mol. The molecule has 0 aliphatic rings. The smallest absolute Gasteiger partial charge is 0.310 e. The van der Waals surface area contributed by atoms with Gasteiger partial charge in [-0.05, 0) is 36.1 Å². The zero-order valence-corrected chi connectivity index (χ0v) is 22.8. The molecule has 0 saturated heterocycles. The van der Waals surface area contributed by atoms with Crippen LogP contribution in [0.1, 0.15) is 112 Å². The molecule has 0 N–H and O–H groups in total. The largest absolute Gasteiger partial charge is 0.465 e. The topological polar surface area (TPSA) is 74.6 Å². The van der Waals surface area contributed by atoms with Crippen LogP contribution in [-0.2, 0) is 31.9 Å².